The number of rotatable bonds is 13. The quantitative estimate of drug-likeness (QED) is 0.436. The van der Waals surface area contributed by atoms with Gasteiger partial charge in [0.05, 0.1) is 25.7 Å². The smallest absolute Gasteiger partial charge is 0.244 e. The number of anilines is 1. The summed E-state index contributed by atoms with van der Waals surface area (Å²) < 4.78 is 36.9. The third kappa shape index (κ3) is 8.44. The molecule has 1 N–H and O–H groups in total. The summed E-state index contributed by atoms with van der Waals surface area (Å²) in [7, 11) is -2.23. The standard InChI is InChI=1S/C26H37N3O6S/c1-7-35-24-14-10-22(11-15-24)29(36(6,32)33)18-25(30)28(20(4)26(31)27-16-19(2)3)17-21-8-12-23(34-5)13-9-21/h8-15,19-20H,7,16-18H2,1-6H3,(H,27,31)/t20-/m1/s1. The summed E-state index contributed by atoms with van der Waals surface area (Å²) in [6.07, 6.45) is 1.04. The van der Waals surface area contributed by atoms with Crippen LogP contribution in [0.25, 0.3) is 0 Å². The lowest BCUT2D eigenvalue weighted by molar-refractivity contribution is -0.139. The molecule has 198 valence electrons. The lowest BCUT2D eigenvalue weighted by atomic mass is 10.1. The normalized spacial score (nSPS) is 12.1. The van der Waals surface area contributed by atoms with E-state index < -0.39 is 28.5 Å². The van der Waals surface area contributed by atoms with Crippen LogP contribution in [0.3, 0.4) is 0 Å². The highest BCUT2D eigenvalue weighted by molar-refractivity contribution is 7.92. The molecule has 0 fully saturated rings. The van der Waals surface area contributed by atoms with E-state index in [1.54, 1.807) is 62.6 Å². The number of nitrogens with zero attached hydrogens (tertiary/aromatic N) is 2. The molecule has 10 heteroatoms. The Morgan fingerprint density at radius 2 is 1.56 bits per heavy atom. The maximum absolute atomic E-state index is 13.5. The minimum absolute atomic E-state index is 0.125. The van der Waals surface area contributed by atoms with Gasteiger partial charge in [0.15, 0.2) is 0 Å². The highest BCUT2D eigenvalue weighted by Crippen LogP contribution is 2.23. The number of carbonyl (C=O) groups excluding carboxylic acids is 2. The van der Waals surface area contributed by atoms with Crippen molar-refractivity contribution >= 4 is 27.5 Å². The van der Waals surface area contributed by atoms with E-state index in [-0.39, 0.29) is 18.4 Å². The second kappa shape index (κ2) is 13.2. The molecule has 0 radical (unpaired) electrons. The third-order valence-electron chi connectivity index (χ3n) is 5.48. The summed E-state index contributed by atoms with van der Waals surface area (Å²) in [5.41, 5.74) is 1.11. The molecule has 0 aliphatic heterocycles. The first-order valence-electron chi connectivity index (χ1n) is 11.9. The molecule has 36 heavy (non-hydrogen) atoms. The Kier molecular flexibility index (Phi) is 10.6. The van der Waals surface area contributed by atoms with E-state index in [1.807, 2.05) is 20.8 Å². The van der Waals surface area contributed by atoms with Gasteiger partial charge in [-0.25, -0.2) is 8.42 Å². The van der Waals surface area contributed by atoms with Gasteiger partial charge in [-0.15, -0.1) is 0 Å². The Morgan fingerprint density at radius 3 is 2.06 bits per heavy atom. The molecule has 0 unspecified atom stereocenters. The zero-order valence-corrected chi connectivity index (χ0v) is 22.7. The molecule has 2 aromatic carbocycles. The minimum atomic E-state index is -3.79. The number of benzene rings is 2. The molecule has 0 aromatic heterocycles. The fourth-order valence-corrected chi connectivity index (χ4v) is 4.30. The van der Waals surface area contributed by atoms with Crippen molar-refractivity contribution < 1.29 is 27.5 Å². The molecule has 0 aliphatic rings. The van der Waals surface area contributed by atoms with E-state index in [1.165, 1.54) is 4.90 Å². The number of amides is 2. The maximum Gasteiger partial charge on any atom is 0.244 e. The van der Waals surface area contributed by atoms with Gasteiger partial charge in [0, 0.05) is 13.1 Å². The van der Waals surface area contributed by atoms with E-state index in [2.05, 4.69) is 5.32 Å². The molecule has 2 amide bonds. The molecule has 0 aliphatic carbocycles. The SMILES string of the molecule is CCOc1ccc(N(CC(=O)N(Cc2ccc(OC)cc2)[C@H](C)C(=O)NCC(C)C)S(C)(=O)=O)cc1. The summed E-state index contributed by atoms with van der Waals surface area (Å²) in [6, 6.07) is 12.8. The second-order valence-electron chi connectivity index (χ2n) is 8.88. The summed E-state index contributed by atoms with van der Waals surface area (Å²) in [5, 5.41) is 2.86. The van der Waals surface area contributed by atoms with Crippen LogP contribution in [0.4, 0.5) is 5.69 Å². The molecule has 9 nitrogen and oxygen atoms in total. The zero-order valence-electron chi connectivity index (χ0n) is 21.9. The third-order valence-corrected chi connectivity index (χ3v) is 6.62. The molecule has 0 saturated heterocycles. The van der Waals surface area contributed by atoms with Crippen molar-refractivity contribution in [3.8, 4) is 11.5 Å². The Balaban J connectivity index is 2.34. The average molecular weight is 520 g/mol. The van der Waals surface area contributed by atoms with E-state index in [4.69, 9.17) is 9.47 Å². The Labute approximate surface area is 214 Å². The number of hydrogen-bond acceptors (Lipinski definition) is 6. The van der Waals surface area contributed by atoms with Gasteiger partial charge in [-0.1, -0.05) is 26.0 Å². The van der Waals surface area contributed by atoms with Gasteiger partial charge >= 0.3 is 0 Å². The fraction of sp³-hybridized carbons (Fsp3) is 0.462. The minimum Gasteiger partial charge on any atom is -0.497 e. The number of carbonyl (C=O) groups is 2. The summed E-state index contributed by atoms with van der Waals surface area (Å²) in [6.45, 7) is 8.06. The molecular formula is C26H37N3O6S. The van der Waals surface area contributed by atoms with E-state index in [0.717, 1.165) is 16.1 Å². The van der Waals surface area contributed by atoms with Gasteiger partial charge in [0.25, 0.3) is 0 Å². The van der Waals surface area contributed by atoms with Crippen molar-refractivity contribution in [2.24, 2.45) is 5.92 Å². The zero-order chi connectivity index (χ0) is 26.9. The summed E-state index contributed by atoms with van der Waals surface area (Å²) in [5.74, 6) is 0.692. The fourth-order valence-electron chi connectivity index (χ4n) is 3.45. The molecule has 1 atom stereocenters. The van der Waals surface area contributed by atoms with Crippen LogP contribution in [-0.4, -0.2) is 64.2 Å². The molecule has 0 heterocycles. The van der Waals surface area contributed by atoms with Gasteiger partial charge in [0.2, 0.25) is 21.8 Å². The Bertz CT molecular complexity index is 1100. The first-order chi connectivity index (χ1) is 17.0. The number of methoxy groups -OCH3 is 1. The predicted octanol–water partition coefficient (Wildman–Crippen LogP) is 3.05. The van der Waals surface area contributed by atoms with Crippen LogP contribution in [0.15, 0.2) is 48.5 Å². The van der Waals surface area contributed by atoms with E-state index >= 15 is 0 Å². The van der Waals surface area contributed by atoms with Crippen LogP contribution in [-0.2, 0) is 26.2 Å². The van der Waals surface area contributed by atoms with Crippen molar-refractivity contribution in [3.63, 3.8) is 0 Å². The molecule has 0 bridgehead atoms. The van der Waals surface area contributed by atoms with Crippen molar-refractivity contribution in [1.29, 1.82) is 0 Å². The average Bonchev–Trinajstić information content (AvgIpc) is 2.84. The van der Waals surface area contributed by atoms with Crippen LogP contribution in [0.5, 0.6) is 11.5 Å². The Hall–Kier alpha value is -3.27. The highest BCUT2D eigenvalue weighted by Gasteiger charge is 2.30. The second-order valence-corrected chi connectivity index (χ2v) is 10.8. The predicted molar refractivity (Wildman–Crippen MR) is 141 cm³/mol. The molecule has 2 aromatic rings. The molecule has 2 rings (SSSR count). The van der Waals surface area contributed by atoms with Crippen LogP contribution < -0.4 is 19.1 Å². The first kappa shape index (κ1) is 29.0. The van der Waals surface area contributed by atoms with Crippen molar-refractivity contribution in [2.45, 2.75) is 40.3 Å². The molecule has 0 spiro atoms. The van der Waals surface area contributed by atoms with Crippen LogP contribution in [0.2, 0.25) is 0 Å². The van der Waals surface area contributed by atoms with Crippen LogP contribution in [0, 0.1) is 5.92 Å². The van der Waals surface area contributed by atoms with Crippen LogP contribution >= 0.6 is 0 Å². The van der Waals surface area contributed by atoms with Gasteiger partial charge in [-0.05, 0) is 61.7 Å². The summed E-state index contributed by atoms with van der Waals surface area (Å²) >= 11 is 0. The van der Waals surface area contributed by atoms with Crippen molar-refractivity contribution in [3.05, 3.63) is 54.1 Å². The monoisotopic (exact) mass is 519 g/mol. The van der Waals surface area contributed by atoms with Crippen LogP contribution in [0.1, 0.15) is 33.3 Å². The van der Waals surface area contributed by atoms with Gasteiger partial charge in [-0.2, -0.15) is 0 Å². The highest BCUT2D eigenvalue weighted by atomic mass is 32.2. The van der Waals surface area contributed by atoms with E-state index in [0.29, 0.717) is 30.3 Å². The first-order valence-corrected chi connectivity index (χ1v) is 13.7. The topological polar surface area (TPSA) is 105 Å². The van der Waals surface area contributed by atoms with Gasteiger partial charge in [-0.3, -0.25) is 13.9 Å². The number of nitrogens with one attached hydrogen (secondary N) is 1. The Morgan fingerprint density at radius 1 is 0.972 bits per heavy atom. The van der Waals surface area contributed by atoms with Crippen molar-refractivity contribution in [2.75, 3.05) is 37.4 Å². The molecule has 0 saturated carbocycles. The largest absolute Gasteiger partial charge is 0.497 e. The van der Waals surface area contributed by atoms with Gasteiger partial charge in [0.1, 0.15) is 24.1 Å². The molecular weight excluding hydrogens is 482 g/mol. The summed E-state index contributed by atoms with van der Waals surface area (Å²) in [4.78, 5) is 27.8. The number of ether oxygens (including phenoxy) is 2. The van der Waals surface area contributed by atoms with Crippen molar-refractivity contribution in [1.82, 2.24) is 10.2 Å². The number of sulfonamides is 1. The van der Waals surface area contributed by atoms with Gasteiger partial charge < -0.3 is 19.7 Å². The lowest BCUT2D eigenvalue weighted by Gasteiger charge is -2.31. The number of hydrogen-bond donors (Lipinski definition) is 1. The lowest BCUT2D eigenvalue weighted by Crippen LogP contribution is -2.51. The maximum atomic E-state index is 13.5. The van der Waals surface area contributed by atoms with E-state index in [9.17, 15) is 18.0 Å².